The standard InChI is InChI=1S/C20H18N2O4/c1-13(23)11-25-18-9-15-5-8-17(10-19(15)26-12-18)22-20(24)14-3-6-16(21-2)7-4-14/h3-8,10,18H,9,11-12H2,1H3,(H,22,24). The van der Waals surface area contributed by atoms with Gasteiger partial charge in [0.15, 0.2) is 11.5 Å². The molecule has 0 fully saturated rings. The summed E-state index contributed by atoms with van der Waals surface area (Å²) in [6.45, 7) is 8.88. The van der Waals surface area contributed by atoms with Gasteiger partial charge >= 0.3 is 0 Å². The molecule has 1 aliphatic rings. The molecule has 0 spiro atoms. The smallest absolute Gasteiger partial charge is 0.255 e. The minimum Gasteiger partial charge on any atom is -0.491 e. The minimum atomic E-state index is -0.250. The topological polar surface area (TPSA) is 69.0 Å². The molecule has 1 heterocycles. The van der Waals surface area contributed by atoms with E-state index in [1.54, 1.807) is 36.4 Å². The van der Waals surface area contributed by atoms with Gasteiger partial charge in [-0.05, 0) is 18.6 Å². The molecular weight excluding hydrogens is 332 g/mol. The number of anilines is 1. The quantitative estimate of drug-likeness (QED) is 0.839. The van der Waals surface area contributed by atoms with Crippen molar-refractivity contribution in [2.75, 3.05) is 18.5 Å². The average molecular weight is 350 g/mol. The second-order valence-electron chi connectivity index (χ2n) is 6.09. The van der Waals surface area contributed by atoms with Crippen molar-refractivity contribution in [3.63, 3.8) is 0 Å². The van der Waals surface area contributed by atoms with Crippen LogP contribution in [0, 0.1) is 6.57 Å². The zero-order valence-corrected chi connectivity index (χ0v) is 14.3. The molecule has 1 amide bonds. The van der Waals surface area contributed by atoms with Gasteiger partial charge < -0.3 is 14.8 Å². The van der Waals surface area contributed by atoms with Gasteiger partial charge in [0.25, 0.3) is 5.91 Å². The average Bonchev–Trinajstić information content (AvgIpc) is 2.66. The molecule has 26 heavy (non-hydrogen) atoms. The molecule has 1 N–H and O–H groups in total. The Labute approximate surface area is 151 Å². The Morgan fingerprint density at radius 2 is 2.04 bits per heavy atom. The number of fused-ring (bicyclic) bond motifs is 1. The van der Waals surface area contributed by atoms with Crippen molar-refractivity contribution in [3.8, 4) is 5.75 Å². The molecule has 0 bridgehead atoms. The van der Waals surface area contributed by atoms with Crippen molar-refractivity contribution < 1.29 is 19.1 Å². The van der Waals surface area contributed by atoms with Crippen molar-refractivity contribution in [2.24, 2.45) is 0 Å². The first-order valence-electron chi connectivity index (χ1n) is 8.21. The fraction of sp³-hybridized carbons (Fsp3) is 0.250. The molecule has 1 atom stereocenters. The fourth-order valence-electron chi connectivity index (χ4n) is 2.66. The molecular formula is C20H18N2O4. The maximum absolute atomic E-state index is 12.3. The number of ether oxygens (including phenoxy) is 2. The van der Waals surface area contributed by atoms with E-state index in [2.05, 4.69) is 10.2 Å². The molecule has 1 aliphatic heterocycles. The lowest BCUT2D eigenvalue weighted by molar-refractivity contribution is -0.124. The Bertz CT molecular complexity index is 868. The maximum atomic E-state index is 12.3. The van der Waals surface area contributed by atoms with Crippen LogP contribution in [-0.4, -0.2) is 31.0 Å². The van der Waals surface area contributed by atoms with Gasteiger partial charge in [0.05, 0.1) is 12.7 Å². The number of nitrogens with one attached hydrogen (secondary N) is 1. The number of hydrogen-bond acceptors (Lipinski definition) is 4. The first kappa shape index (κ1) is 17.6. The van der Waals surface area contributed by atoms with Crippen LogP contribution >= 0.6 is 0 Å². The Hall–Kier alpha value is -3.17. The highest BCUT2D eigenvalue weighted by molar-refractivity contribution is 6.04. The van der Waals surface area contributed by atoms with Gasteiger partial charge in [0.1, 0.15) is 19.0 Å². The van der Waals surface area contributed by atoms with E-state index >= 15 is 0 Å². The second kappa shape index (κ2) is 7.81. The number of Topliss-reactive ketones (excluding diaryl/α,β-unsaturated/α-hetero) is 1. The summed E-state index contributed by atoms with van der Waals surface area (Å²) in [5.41, 5.74) is 2.58. The summed E-state index contributed by atoms with van der Waals surface area (Å²) in [7, 11) is 0. The number of ketones is 1. The molecule has 2 aromatic carbocycles. The van der Waals surface area contributed by atoms with Crippen LogP contribution < -0.4 is 10.1 Å². The third-order valence-corrected chi connectivity index (χ3v) is 3.98. The summed E-state index contributed by atoms with van der Waals surface area (Å²) in [5, 5.41) is 2.82. The molecule has 6 nitrogen and oxygen atoms in total. The third-order valence-electron chi connectivity index (χ3n) is 3.98. The van der Waals surface area contributed by atoms with Crippen LogP contribution in [0.3, 0.4) is 0 Å². The SMILES string of the molecule is [C-]#[N+]c1ccc(C(=O)Nc2ccc3c(c2)OCC(OCC(C)=O)C3)cc1. The number of amides is 1. The molecule has 3 rings (SSSR count). The predicted molar refractivity (Wildman–Crippen MR) is 96.7 cm³/mol. The molecule has 0 saturated heterocycles. The summed E-state index contributed by atoms with van der Waals surface area (Å²) in [6, 6.07) is 11.9. The molecule has 0 saturated carbocycles. The Morgan fingerprint density at radius 1 is 1.27 bits per heavy atom. The Balaban J connectivity index is 1.65. The highest BCUT2D eigenvalue weighted by atomic mass is 16.5. The van der Waals surface area contributed by atoms with E-state index < -0.39 is 0 Å². The zero-order valence-electron chi connectivity index (χ0n) is 14.3. The highest BCUT2D eigenvalue weighted by Gasteiger charge is 2.21. The fourth-order valence-corrected chi connectivity index (χ4v) is 2.66. The van der Waals surface area contributed by atoms with E-state index in [1.165, 1.54) is 6.92 Å². The lowest BCUT2D eigenvalue weighted by atomic mass is 10.0. The minimum absolute atomic E-state index is 0.0155. The van der Waals surface area contributed by atoms with E-state index in [0.717, 1.165) is 5.56 Å². The number of benzene rings is 2. The van der Waals surface area contributed by atoms with Gasteiger partial charge in [0, 0.05) is 23.7 Å². The van der Waals surface area contributed by atoms with E-state index in [-0.39, 0.29) is 24.4 Å². The summed E-state index contributed by atoms with van der Waals surface area (Å²) >= 11 is 0. The van der Waals surface area contributed by atoms with E-state index in [9.17, 15) is 9.59 Å². The number of carbonyl (C=O) groups excluding carboxylic acids is 2. The summed E-state index contributed by atoms with van der Waals surface area (Å²) in [4.78, 5) is 26.6. The molecule has 0 aromatic heterocycles. The summed E-state index contributed by atoms with van der Waals surface area (Å²) in [5.74, 6) is 0.437. The Morgan fingerprint density at radius 3 is 2.73 bits per heavy atom. The maximum Gasteiger partial charge on any atom is 0.255 e. The molecule has 0 radical (unpaired) electrons. The molecule has 132 valence electrons. The van der Waals surface area contributed by atoms with Crippen LogP contribution in [0.5, 0.6) is 5.75 Å². The first-order valence-corrected chi connectivity index (χ1v) is 8.21. The van der Waals surface area contributed by atoms with Crippen molar-refractivity contribution in [3.05, 3.63) is 65.0 Å². The molecule has 0 aliphatic carbocycles. The largest absolute Gasteiger partial charge is 0.491 e. The summed E-state index contributed by atoms with van der Waals surface area (Å²) in [6.07, 6.45) is 0.516. The van der Waals surface area contributed by atoms with Gasteiger partial charge in [0.2, 0.25) is 0 Å². The number of nitrogens with zero attached hydrogens (tertiary/aromatic N) is 1. The van der Waals surface area contributed by atoms with E-state index in [0.29, 0.717) is 35.7 Å². The lowest BCUT2D eigenvalue weighted by Gasteiger charge is -2.25. The van der Waals surface area contributed by atoms with E-state index in [4.69, 9.17) is 16.0 Å². The summed E-state index contributed by atoms with van der Waals surface area (Å²) < 4.78 is 11.2. The highest BCUT2D eigenvalue weighted by Crippen LogP contribution is 2.29. The van der Waals surface area contributed by atoms with Gasteiger partial charge in [-0.25, -0.2) is 4.85 Å². The van der Waals surface area contributed by atoms with Crippen LogP contribution in [-0.2, 0) is 16.0 Å². The third kappa shape index (κ3) is 4.26. The van der Waals surface area contributed by atoms with Crippen LogP contribution in [0.2, 0.25) is 0 Å². The van der Waals surface area contributed by atoms with Crippen LogP contribution in [0.15, 0.2) is 42.5 Å². The molecule has 2 aromatic rings. The monoisotopic (exact) mass is 350 g/mol. The van der Waals surface area contributed by atoms with Crippen LogP contribution in [0.1, 0.15) is 22.8 Å². The van der Waals surface area contributed by atoms with Gasteiger partial charge in [-0.1, -0.05) is 30.3 Å². The molecule has 6 heteroatoms. The first-order chi connectivity index (χ1) is 12.5. The van der Waals surface area contributed by atoms with Gasteiger partial charge in [-0.3, -0.25) is 9.59 Å². The van der Waals surface area contributed by atoms with E-state index in [1.807, 2.05) is 6.07 Å². The number of hydrogen-bond donors (Lipinski definition) is 1. The predicted octanol–water partition coefficient (Wildman–Crippen LogP) is 3.40. The second-order valence-corrected chi connectivity index (χ2v) is 6.09. The zero-order chi connectivity index (χ0) is 18.5. The lowest BCUT2D eigenvalue weighted by Crippen LogP contribution is -2.30. The van der Waals surface area contributed by atoms with Gasteiger partial charge in [-0.2, -0.15) is 0 Å². The van der Waals surface area contributed by atoms with Crippen molar-refractivity contribution in [1.29, 1.82) is 0 Å². The van der Waals surface area contributed by atoms with Gasteiger partial charge in [-0.15, -0.1) is 0 Å². The molecule has 1 unspecified atom stereocenters. The van der Waals surface area contributed by atoms with Crippen molar-refractivity contribution >= 4 is 23.1 Å². The normalized spacial score (nSPS) is 15.3. The van der Waals surface area contributed by atoms with Crippen molar-refractivity contribution in [2.45, 2.75) is 19.4 Å². The Kier molecular flexibility index (Phi) is 5.30. The van der Waals surface area contributed by atoms with Crippen molar-refractivity contribution in [1.82, 2.24) is 0 Å². The van der Waals surface area contributed by atoms with Crippen LogP contribution in [0.25, 0.3) is 4.85 Å². The van der Waals surface area contributed by atoms with Crippen LogP contribution in [0.4, 0.5) is 11.4 Å². The number of rotatable bonds is 5. The number of carbonyl (C=O) groups is 2.